The number of nitrogens with one attached hydrogen (secondary N) is 2. The highest BCUT2D eigenvalue weighted by Crippen LogP contribution is 2.37. The molecule has 0 aliphatic carbocycles. The van der Waals surface area contributed by atoms with Crippen LogP contribution in [0.4, 0.5) is 0 Å². The standard InChI is InChI=1S/C26H34N4O3/c1-19(2)33-23-11-7-8-21(16-23)20(3)32-18-26(22-9-5-4-6-10-22)12-14-30(15-13-26)17-24-27-25(31)29-28-24/h4-11,16,19-20H,12-15,17-18H2,1-3H3,(H2,27,28,29,31). The molecule has 33 heavy (non-hydrogen) atoms. The van der Waals surface area contributed by atoms with Crippen molar-refractivity contribution in [1.82, 2.24) is 20.1 Å². The molecule has 2 N–H and O–H groups in total. The Morgan fingerprint density at radius 3 is 2.48 bits per heavy atom. The number of benzene rings is 2. The minimum atomic E-state index is -0.258. The maximum Gasteiger partial charge on any atom is 0.340 e. The van der Waals surface area contributed by atoms with Crippen LogP contribution in [0.15, 0.2) is 59.4 Å². The van der Waals surface area contributed by atoms with Crippen LogP contribution in [0.5, 0.6) is 5.75 Å². The third-order valence-corrected chi connectivity index (χ3v) is 6.43. The van der Waals surface area contributed by atoms with Gasteiger partial charge in [-0.1, -0.05) is 42.5 Å². The highest BCUT2D eigenvalue weighted by atomic mass is 16.5. The Hall–Kier alpha value is -2.90. The van der Waals surface area contributed by atoms with Gasteiger partial charge in [0.05, 0.1) is 25.4 Å². The van der Waals surface area contributed by atoms with Crippen LogP contribution >= 0.6 is 0 Å². The number of hydrogen-bond donors (Lipinski definition) is 2. The van der Waals surface area contributed by atoms with Gasteiger partial charge in [0.15, 0.2) is 0 Å². The van der Waals surface area contributed by atoms with Crippen molar-refractivity contribution in [2.45, 2.75) is 57.8 Å². The number of hydrogen-bond acceptors (Lipinski definition) is 5. The van der Waals surface area contributed by atoms with Crippen molar-refractivity contribution in [3.05, 3.63) is 82.0 Å². The molecule has 0 spiro atoms. The lowest BCUT2D eigenvalue weighted by Crippen LogP contribution is -2.45. The first-order valence-electron chi connectivity index (χ1n) is 11.7. The summed E-state index contributed by atoms with van der Waals surface area (Å²) in [4.78, 5) is 16.4. The Bertz CT molecular complexity index is 1070. The molecule has 1 fully saturated rings. The van der Waals surface area contributed by atoms with Crippen molar-refractivity contribution >= 4 is 0 Å². The van der Waals surface area contributed by atoms with E-state index in [1.165, 1.54) is 5.56 Å². The van der Waals surface area contributed by atoms with E-state index in [0.29, 0.717) is 19.0 Å². The molecule has 1 aliphatic heterocycles. The van der Waals surface area contributed by atoms with Gasteiger partial charge < -0.3 is 9.47 Å². The second-order valence-electron chi connectivity index (χ2n) is 9.24. The molecular weight excluding hydrogens is 416 g/mol. The second kappa shape index (κ2) is 10.4. The summed E-state index contributed by atoms with van der Waals surface area (Å²) in [6, 6.07) is 18.9. The van der Waals surface area contributed by atoms with Crippen molar-refractivity contribution in [1.29, 1.82) is 0 Å². The van der Waals surface area contributed by atoms with Gasteiger partial charge in [-0.05, 0) is 70.0 Å². The van der Waals surface area contributed by atoms with E-state index in [1.807, 2.05) is 26.0 Å². The monoisotopic (exact) mass is 450 g/mol. The van der Waals surface area contributed by atoms with E-state index in [1.54, 1.807) is 0 Å². The summed E-state index contributed by atoms with van der Waals surface area (Å²) in [7, 11) is 0. The average molecular weight is 451 g/mol. The molecule has 1 aliphatic rings. The molecule has 1 atom stereocenters. The number of piperidine rings is 1. The van der Waals surface area contributed by atoms with Crippen LogP contribution in [0.1, 0.15) is 56.7 Å². The van der Waals surface area contributed by atoms with E-state index >= 15 is 0 Å². The number of likely N-dealkylation sites (tertiary alicyclic amines) is 1. The van der Waals surface area contributed by atoms with Crippen LogP contribution < -0.4 is 10.4 Å². The summed E-state index contributed by atoms with van der Waals surface area (Å²) in [6.45, 7) is 9.30. The number of aromatic nitrogens is 3. The molecule has 2 heterocycles. The number of nitrogens with zero attached hydrogens (tertiary/aromatic N) is 2. The molecule has 1 unspecified atom stereocenters. The van der Waals surface area contributed by atoms with E-state index in [-0.39, 0.29) is 23.3 Å². The molecule has 0 amide bonds. The molecule has 4 rings (SSSR count). The fourth-order valence-corrected chi connectivity index (χ4v) is 4.53. The first-order valence-corrected chi connectivity index (χ1v) is 11.7. The van der Waals surface area contributed by atoms with E-state index in [0.717, 1.165) is 37.2 Å². The van der Waals surface area contributed by atoms with E-state index in [2.05, 4.69) is 69.5 Å². The normalized spacial score (nSPS) is 17.2. The summed E-state index contributed by atoms with van der Waals surface area (Å²) in [5, 5.41) is 6.50. The van der Waals surface area contributed by atoms with Crippen LogP contribution in [0, 0.1) is 0 Å². The number of aromatic amines is 2. The minimum Gasteiger partial charge on any atom is -0.491 e. The number of H-pyrrole nitrogens is 2. The van der Waals surface area contributed by atoms with Gasteiger partial charge in [-0.3, -0.25) is 9.88 Å². The van der Waals surface area contributed by atoms with E-state index in [4.69, 9.17) is 9.47 Å². The fraction of sp³-hybridized carbons (Fsp3) is 0.462. The third-order valence-electron chi connectivity index (χ3n) is 6.43. The molecule has 3 aromatic rings. The maximum atomic E-state index is 11.3. The quantitative estimate of drug-likeness (QED) is 0.511. The summed E-state index contributed by atoms with van der Waals surface area (Å²) in [6.07, 6.45) is 2.07. The van der Waals surface area contributed by atoms with Gasteiger partial charge in [0.1, 0.15) is 11.6 Å². The second-order valence-corrected chi connectivity index (χ2v) is 9.24. The Morgan fingerprint density at radius 2 is 1.82 bits per heavy atom. The van der Waals surface area contributed by atoms with E-state index < -0.39 is 0 Å². The summed E-state index contributed by atoms with van der Waals surface area (Å²) < 4.78 is 12.4. The van der Waals surface area contributed by atoms with Crippen LogP contribution in [0.25, 0.3) is 0 Å². The summed E-state index contributed by atoms with van der Waals surface area (Å²) >= 11 is 0. The van der Waals surface area contributed by atoms with Gasteiger partial charge in [-0.2, -0.15) is 5.10 Å². The van der Waals surface area contributed by atoms with Gasteiger partial charge in [0.25, 0.3) is 0 Å². The lowest BCUT2D eigenvalue weighted by molar-refractivity contribution is 0.00235. The predicted octanol–water partition coefficient (Wildman–Crippen LogP) is 4.20. The van der Waals surface area contributed by atoms with Gasteiger partial charge in [0.2, 0.25) is 0 Å². The Kier molecular flexibility index (Phi) is 7.30. The van der Waals surface area contributed by atoms with Crippen molar-refractivity contribution in [3.63, 3.8) is 0 Å². The van der Waals surface area contributed by atoms with Gasteiger partial charge in [0, 0.05) is 5.41 Å². The largest absolute Gasteiger partial charge is 0.491 e. The third kappa shape index (κ3) is 5.92. The first-order chi connectivity index (χ1) is 15.9. The average Bonchev–Trinajstić information content (AvgIpc) is 3.23. The van der Waals surface area contributed by atoms with E-state index in [9.17, 15) is 4.79 Å². The minimum absolute atomic E-state index is 0.0338. The van der Waals surface area contributed by atoms with Gasteiger partial charge in [-0.15, -0.1) is 0 Å². The fourth-order valence-electron chi connectivity index (χ4n) is 4.53. The zero-order valence-corrected chi connectivity index (χ0v) is 19.7. The molecule has 0 radical (unpaired) electrons. The number of ether oxygens (including phenoxy) is 2. The van der Waals surface area contributed by atoms with Crippen LogP contribution in [-0.2, 0) is 16.7 Å². The van der Waals surface area contributed by atoms with Crippen LogP contribution in [0.2, 0.25) is 0 Å². The highest BCUT2D eigenvalue weighted by Gasteiger charge is 2.37. The Labute approximate surface area is 195 Å². The Balaban J connectivity index is 1.44. The highest BCUT2D eigenvalue weighted by molar-refractivity contribution is 5.30. The lowest BCUT2D eigenvalue weighted by atomic mass is 9.73. The SMILES string of the molecule is CC(C)Oc1cccc(C(C)OCC2(c3ccccc3)CCN(Cc3n[nH]c(=O)[nH]3)CC2)c1. The zero-order valence-electron chi connectivity index (χ0n) is 19.7. The maximum absolute atomic E-state index is 11.3. The Morgan fingerprint density at radius 1 is 1.06 bits per heavy atom. The molecular formula is C26H34N4O3. The predicted molar refractivity (Wildman–Crippen MR) is 128 cm³/mol. The van der Waals surface area contributed by atoms with Crippen LogP contribution in [-0.4, -0.2) is 45.9 Å². The zero-order chi connectivity index (χ0) is 23.3. The lowest BCUT2D eigenvalue weighted by Gasteiger charge is -2.42. The summed E-state index contributed by atoms with van der Waals surface area (Å²) in [5.41, 5.74) is 2.14. The smallest absolute Gasteiger partial charge is 0.340 e. The molecule has 0 saturated carbocycles. The van der Waals surface area contributed by atoms with Crippen molar-refractivity contribution in [2.75, 3.05) is 19.7 Å². The molecule has 176 valence electrons. The topological polar surface area (TPSA) is 83.2 Å². The van der Waals surface area contributed by atoms with Gasteiger partial charge in [-0.25, -0.2) is 9.89 Å². The van der Waals surface area contributed by atoms with Crippen molar-refractivity contribution in [3.8, 4) is 5.75 Å². The van der Waals surface area contributed by atoms with Crippen LogP contribution in [0.3, 0.4) is 0 Å². The molecule has 7 nitrogen and oxygen atoms in total. The first kappa shape index (κ1) is 23.3. The molecule has 0 bridgehead atoms. The number of rotatable bonds is 9. The summed E-state index contributed by atoms with van der Waals surface area (Å²) in [5.74, 6) is 1.56. The molecule has 1 aromatic heterocycles. The van der Waals surface area contributed by atoms with Crippen molar-refractivity contribution < 1.29 is 9.47 Å². The van der Waals surface area contributed by atoms with Gasteiger partial charge >= 0.3 is 5.69 Å². The molecule has 2 aromatic carbocycles. The molecule has 7 heteroatoms. The molecule has 1 saturated heterocycles. The van der Waals surface area contributed by atoms with Crippen molar-refractivity contribution in [2.24, 2.45) is 0 Å².